The van der Waals surface area contributed by atoms with Crippen LogP contribution < -0.4 is 5.32 Å². The zero-order valence-electron chi connectivity index (χ0n) is 15.2. The van der Waals surface area contributed by atoms with E-state index < -0.39 is 12.1 Å². The second kappa shape index (κ2) is 8.45. The number of hydrogen-bond donors (Lipinski definition) is 2. The third kappa shape index (κ3) is 5.03. The molecular formula is C19H28N2O4. The number of ether oxygens (including phenoxy) is 1. The molecule has 1 fully saturated rings. The first-order valence-electron chi connectivity index (χ1n) is 8.66. The number of aliphatic hydroxyl groups excluding tert-OH is 1. The highest BCUT2D eigenvalue weighted by Crippen LogP contribution is 2.29. The minimum Gasteiger partial charge on any atom is -0.396 e. The van der Waals surface area contributed by atoms with Crippen molar-refractivity contribution in [1.82, 2.24) is 10.2 Å². The summed E-state index contributed by atoms with van der Waals surface area (Å²) in [6, 6.07) is 9.02. The maximum Gasteiger partial charge on any atom is 0.251 e. The van der Waals surface area contributed by atoms with Crippen LogP contribution in [0.1, 0.15) is 38.3 Å². The molecule has 1 aromatic rings. The summed E-state index contributed by atoms with van der Waals surface area (Å²) in [6.45, 7) is 4.53. The molecule has 1 saturated heterocycles. The van der Waals surface area contributed by atoms with Crippen molar-refractivity contribution in [3.63, 3.8) is 0 Å². The summed E-state index contributed by atoms with van der Waals surface area (Å²) in [5, 5.41) is 12.2. The number of rotatable bonds is 7. The van der Waals surface area contributed by atoms with Crippen LogP contribution in [0.4, 0.5) is 0 Å². The van der Waals surface area contributed by atoms with Gasteiger partial charge < -0.3 is 20.1 Å². The molecule has 6 nitrogen and oxygen atoms in total. The molecule has 2 N–H and O–H groups in total. The standard InChI is InChI=1S/C19H28N2O4/c1-19(2,13-22)10-7-11-20-18(24)17-16(14-8-5-4-6-9-14)21(3)15(23)12-25-17/h4-6,8-9,16-17,22H,7,10-13H2,1-3H3,(H,20,24). The van der Waals surface area contributed by atoms with Gasteiger partial charge in [-0.05, 0) is 23.8 Å². The minimum atomic E-state index is -0.726. The van der Waals surface area contributed by atoms with Crippen molar-refractivity contribution in [1.29, 1.82) is 0 Å². The van der Waals surface area contributed by atoms with Crippen LogP contribution in [-0.4, -0.2) is 54.7 Å². The Bertz CT molecular complexity index is 588. The first kappa shape index (κ1) is 19.4. The van der Waals surface area contributed by atoms with Gasteiger partial charge in [0.05, 0.1) is 6.04 Å². The number of carbonyl (C=O) groups excluding carboxylic acids is 2. The number of nitrogens with zero attached hydrogens (tertiary/aromatic N) is 1. The molecule has 1 aliphatic rings. The van der Waals surface area contributed by atoms with E-state index in [-0.39, 0.29) is 30.4 Å². The van der Waals surface area contributed by atoms with Crippen molar-refractivity contribution in [2.45, 2.75) is 38.8 Å². The molecule has 2 atom stereocenters. The van der Waals surface area contributed by atoms with E-state index in [1.54, 1.807) is 11.9 Å². The van der Waals surface area contributed by atoms with Crippen molar-refractivity contribution >= 4 is 11.8 Å². The van der Waals surface area contributed by atoms with Crippen LogP contribution in [0.15, 0.2) is 30.3 Å². The summed E-state index contributed by atoms with van der Waals surface area (Å²) in [7, 11) is 1.70. The van der Waals surface area contributed by atoms with Crippen LogP contribution >= 0.6 is 0 Å². The number of carbonyl (C=O) groups is 2. The predicted molar refractivity (Wildman–Crippen MR) is 94.8 cm³/mol. The van der Waals surface area contributed by atoms with Crippen LogP contribution in [0.2, 0.25) is 0 Å². The molecule has 0 aromatic heterocycles. The number of benzene rings is 1. The molecule has 2 rings (SSSR count). The van der Waals surface area contributed by atoms with Crippen LogP contribution in [0, 0.1) is 5.41 Å². The molecule has 2 unspecified atom stereocenters. The normalized spacial score (nSPS) is 21.3. The Balaban J connectivity index is 2.00. The van der Waals surface area contributed by atoms with Gasteiger partial charge in [-0.15, -0.1) is 0 Å². The highest BCUT2D eigenvalue weighted by Gasteiger charge is 2.39. The maximum atomic E-state index is 12.6. The van der Waals surface area contributed by atoms with E-state index in [2.05, 4.69) is 5.32 Å². The van der Waals surface area contributed by atoms with Crippen molar-refractivity contribution in [2.24, 2.45) is 5.41 Å². The number of hydrogen-bond acceptors (Lipinski definition) is 4. The molecule has 1 aliphatic heterocycles. The Morgan fingerprint density at radius 2 is 2.04 bits per heavy atom. The molecule has 1 heterocycles. The molecule has 138 valence electrons. The highest BCUT2D eigenvalue weighted by molar-refractivity contribution is 5.86. The number of aliphatic hydroxyl groups is 1. The smallest absolute Gasteiger partial charge is 0.251 e. The third-order valence-corrected chi connectivity index (χ3v) is 4.64. The average Bonchev–Trinajstić information content (AvgIpc) is 2.61. The van der Waals surface area contributed by atoms with Gasteiger partial charge in [-0.25, -0.2) is 0 Å². The lowest BCUT2D eigenvalue weighted by Crippen LogP contribution is -2.53. The average molecular weight is 348 g/mol. The van der Waals surface area contributed by atoms with Gasteiger partial charge in [-0.3, -0.25) is 9.59 Å². The van der Waals surface area contributed by atoms with E-state index in [0.717, 1.165) is 18.4 Å². The molecule has 0 aliphatic carbocycles. The lowest BCUT2D eigenvalue weighted by atomic mass is 9.89. The molecule has 0 spiro atoms. The fourth-order valence-electron chi connectivity index (χ4n) is 2.94. The maximum absolute atomic E-state index is 12.6. The number of likely N-dealkylation sites (N-methyl/N-ethyl adjacent to an activating group) is 1. The van der Waals surface area contributed by atoms with Crippen molar-refractivity contribution in [3.8, 4) is 0 Å². The first-order chi connectivity index (χ1) is 11.9. The fourth-order valence-corrected chi connectivity index (χ4v) is 2.94. The molecule has 25 heavy (non-hydrogen) atoms. The largest absolute Gasteiger partial charge is 0.396 e. The summed E-state index contributed by atoms with van der Waals surface area (Å²) < 4.78 is 5.57. The molecule has 0 radical (unpaired) electrons. The lowest BCUT2D eigenvalue weighted by molar-refractivity contribution is -0.162. The van der Waals surface area contributed by atoms with Crippen LogP contribution in [-0.2, 0) is 14.3 Å². The molecular weight excluding hydrogens is 320 g/mol. The van der Waals surface area contributed by atoms with Gasteiger partial charge in [-0.1, -0.05) is 44.2 Å². The van der Waals surface area contributed by atoms with Gasteiger partial charge in [0.1, 0.15) is 6.61 Å². The van der Waals surface area contributed by atoms with Crippen LogP contribution in [0.3, 0.4) is 0 Å². The molecule has 0 saturated carbocycles. The second-order valence-electron chi connectivity index (χ2n) is 7.31. The van der Waals surface area contributed by atoms with E-state index in [9.17, 15) is 14.7 Å². The Morgan fingerprint density at radius 3 is 2.68 bits per heavy atom. The highest BCUT2D eigenvalue weighted by atomic mass is 16.5. The van der Waals surface area contributed by atoms with E-state index in [4.69, 9.17) is 4.74 Å². The third-order valence-electron chi connectivity index (χ3n) is 4.64. The first-order valence-corrected chi connectivity index (χ1v) is 8.66. The Labute approximate surface area is 149 Å². The molecule has 0 bridgehead atoms. The van der Waals surface area contributed by atoms with Crippen LogP contribution in [0.5, 0.6) is 0 Å². The number of morpholine rings is 1. The minimum absolute atomic E-state index is 0.0878. The zero-order valence-corrected chi connectivity index (χ0v) is 15.2. The van der Waals surface area contributed by atoms with Gasteiger partial charge in [0.2, 0.25) is 5.91 Å². The SMILES string of the molecule is CN1C(=O)COC(C(=O)NCCCC(C)(C)CO)C1c1ccccc1. The summed E-state index contributed by atoms with van der Waals surface area (Å²) in [5.41, 5.74) is 0.727. The lowest BCUT2D eigenvalue weighted by Gasteiger charge is -2.38. The molecule has 1 aromatic carbocycles. The number of nitrogens with one attached hydrogen (secondary N) is 1. The zero-order chi connectivity index (χ0) is 18.4. The van der Waals surface area contributed by atoms with Crippen molar-refractivity contribution < 1.29 is 19.4 Å². The van der Waals surface area contributed by atoms with Gasteiger partial charge in [-0.2, -0.15) is 0 Å². The molecule has 2 amide bonds. The van der Waals surface area contributed by atoms with E-state index in [1.807, 2.05) is 44.2 Å². The second-order valence-corrected chi connectivity index (χ2v) is 7.31. The van der Waals surface area contributed by atoms with Gasteiger partial charge in [0.25, 0.3) is 5.91 Å². The number of amides is 2. The Kier molecular flexibility index (Phi) is 6.56. The van der Waals surface area contributed by atoms with Crippen molar-refractivity contribution in [3.05, 3.63) is 35.9 Å². The van der Waals surface area contributed by atoms with E-state index in [1.165, 1.54) is 0 Å². The summed E-state index contributed by atoms with van der Waals surface area (Å²) >= 11 is 0. The van der Waals surface area contributed by atoms with Gasteiger partial charge >= 0.3 is 0 Å². The monoisotopic (exact) mass is 348 g/mol. The fraction of sp³-hybridized carbons (Fsp3) is 0.579. The summed E-state index contributed by atoms with van der Waals surface area (Å²) in [5.74, 6) is -0.349. The quantitative estimate of drug-likeness (QED) is 0.732. The van der Waals surface area contributed by atoms with E-state index >= 15 is 0 Å². The van der Waals surface area contributed by atoms with Crippen LogP contribution in [0.25, 0.3) is 0 Å². The van der Waals surface area contributed by atoms with Gasteiger partial charge in [0, 0.05) is 20.2 Å². The van der Waals surface area contributed by atoms with E-state index in [0.29, 0.717) is 6.54 Å². The Hall–Kier alpha value is -1.92. The topological polar surface area (TPSA) is 78.9 Å². The molecule has 6 heteroatoms. The Morgan fingerprint density at radius 1 is 1.36 bits per heavy atom. The summed E-state index contributed by atoms with van der Waals surface area (Å²) in [4.78, 5) is 26.2. The van der Waals surface area contributed by atoms with Gasteiger partial charge in [0.15, 0.2) is 6.10 Å². The summed E-state index contributed by atoms with van der Waals surface area (Å²) in [6.07, 6.45) is 0.864. The predicted octanol–water partition coefficient (Wildman–Crippen LogP) is 1.50. The van der Waals surface area contributed by atoms with Crippen molar-refractivity contribution in [2.75, 3.05) is 26.8 Å².